The number of thioether (sulfide) groups is 1. The Hall–Kier alpha value is -3.90. The monoisotopic (exact) mass is 518 g/mol. The van der Waals surface area contributed by atoms with Gasteiger partial charge >= 0.3 is 0 Å². The van der Waals surface area contributed by atoms with Gasteiger partial charge in [-0.3, -0.25) is 4.79 Å². The molecule has 0 bridgehead atoms. The number of anilines is 2. The van der Waals surface area contributed by atoms with Gasteiger partial charge in [-0.25, -0.2) is 9.97 Å². The first-order valence-corrected chi connectivity index (χ1v) is 13.0. The van der Waals surface area contributed by atoms with Crippen molar-refractivity contribution >= 4 is 51.3 Å². The van der Waals surface area contributed by atoms with Crippen LogP contribution in [0.3, 0.4) is 0 Å². The third-order valence-corrected chi connectivity index (χ3v) is 7.33. The van der Waals surface area contributed by atoms with Crippen LogP contribution in [0.15, 0.2) is 51.5 Å². The number of ether oxygens (including phenoxy) is 1. The number of hydrogen-bond donors (Lipinski definition) is 2. The van der Waals surface area contributed by atoms with Crippen LogP contribution in [0.4, 0.5) is 10.9 Å². The van der Waals surface area contributed by atoms with Crippen LogP contribution in [-0.4, -0.2) is 28.7 Å². The standard InChI is InChI=1S/C24H18N6O2S3/c1-32-16-4-2-3-14(9-16)19-13-35-24(28-19)29-20(31)6-8-34-23-18(11-26)21(15-5-7-33-12-15)17(10-25)22(27)30-23/h2-5,7,9,12-13H,6,8H2,1H3,(H2,27,30)(H,28,29,31). The SMILES string of the molecule is COc1cccc(-c2csc(NC(=O)CCSc3nc(N)c(C#N)c(-c4ccsc4)c3C#N)n2)c1. The number of nitrogens with zero attached hydrogens (tertiary/aromatic N) is 4. The summed E-state index contributed by atoms with van der Waals surface area (Å²) in [6, 6.07) is 13.6. The number of rotatable bonds is 8. The highest BCUT2D eigenvalue weighted by Crippen LogP contribution is 2.36. The number of pyridine rings is 1. The molecule has 0 aliphatic heterocycles. The number of carbonyl (C=O) groups is 1. The van der Waals surface area contributed by atoms with Gasteiger partial charge in [0.05, 0.1) is 18.4 Å². The fourth-order valence-corrected chi connectivity index (χ4v) is 5.58. The van der Waals surface area contributed by atoms with Crippen LogP contribution < -0.4 is 15.8 Å². The number of carbonyl (C=O) groups excluding carboxylic acids is 1. The van der Waals surface area contributed by atoms with Crippen molar-refractivity contribution in [1.29, 1.82) is 10.5 Å². The van der Waals surface area contributed by atoms with Crippen molar-refractivity contribution in [2.24, 2.45) is 0 Å². The van der Waals surface area contributed by atoms with Gasteiger partial charge in [-0.1, -0.05) is 12.1 Å². The lowest BCUT2D eigenvalue weighted by Crippen LogP contribution is -2.12. The van der Waals surface area contributed by atoms with E-state index in [0.29, 0.717) is 21.5 Å². The quantitative estimate of drug-likeness (QED) is 0.296. The van der Waals surface area contributed by atoms with Gasteiger partial charge in [0.1, 0.15) is 34.3 Å². The summed E-state index contributed by atoms with van der Waals surface area (Å²) in [5.74, 6) is 0.958. The van der Waals surface area contributed by atoms with Gasteiger partial charge in [0.25, 0.3) is 0 Å². The highest BCUT2D eigenvalue weighted by molar-refractivity contribution is 7.99. The van der Waals surface area contributed by atoms with Crippen molar-refractivity contribution in [2.45, 2.75) is 11.4 Å². The number of amides is 1. The van der Waals surface area contributed by atoms with Crippen molar-refractivity contribution in [3.05, 3.63) is 57.6 Å². The zero-order valence-corrected chi connectivity index (χ0v) is 20.9. The number of nitrogens with one attached hydrogen (secondary N) is 1. The van der Waals surface area contributed by atoms with Gasteiger partial charge in [0.2, 0.25) is 5.91 Å². The highest BCUT2D eigenvalue weighted by Gasteiger charge is 2.21. The maximum absolute atomic E-state index is 12.5. The Bertz CT molecular complexity index is 1450. The summed E-state index contributed by atoms with van der Waals surface area (Å²) < 4.78 is 5.25. The summed E-state index contributed by atoms with van der Waals surface area (Å²) in [4.78, 5) is 21.2. The van der Waals surface area contributed by atoms with Crippen molar-refractivity contribution in [1.82, 2.24) is 9.97 Å². The molecule has 1 aromatic carbocycles. The lowest BCUT2D eigenvalue weighted by atomic mass is 9.99. The van der Waals surface area contributed by atoms with Crippen LogP contribution in [0.2, 0.25) is 0 Å². The van der Waals surface area contributed by atoms with E-state index in [0.717, 1.165) is 22.6 Å². The first kappa shape index (κ1) is 24.2. The van der Waals surface area contributed by atoms with Crippen molar-refractivity contribution in [2.75, 3.05) is 23.9 Å². The Kier molecular flexibility index (Phi) is 7.63. The Morgan fingerprint density at radius 1 is 1.17 bits per heavy atom. The van der Waals surface area contributed by atoms with Gasteiger partial charge in [-0.2, -0.15) is 21.9 Å². The Labute approximate surface area is 214 Å². The molecule has 0 aliphatic carbocycles. The second-order valence-electron chi connectivity index (χ2n) is 7.08. The van der Waals surface area contributed by atoms with Gasteiger partial charge in [-0.05, 0) is 34.5 Å². The summed E-state index contributed by atoms with van der Waals surface area (Å²) in [6.45, 7) is 0. The van der Waals surface area contributed by atoms with E-state index in [1.807, 2.05) is 46.5 Å². The zero-order valence-electron chi connectivity index (χ0n) is 18.4. The summed E-state index contributed by atoms with van der Waals surface area (Å²) >= 11 is 4.04. The van der Waals surface area contributed by atoms with E-state index < -0.39 is 0 Å². The van der Waals surface area contributed by atoms with E-state index in [9.17, 15) is 15.3 Å². The number of benzene rings is 1. The molecule has 11 heteroatoms. The van der Waals surface area contributed by atoms with Crippen molar-refractivity contribution in [3.63, 3.8) is 0 Å². The maximum atomic E-state index is 12.5. The third-order valence-electron chi connectivity index (χ3n) is 4.91. The second-order valence-corrected chi connectivity index (χ2v) is 9.80. The summed E-state index contributed by atoms with van der Waals surface area (Å²) in [7, 11) is 1.61. The van der Waals surface area contributed by atoms with E-state index in [4.69, 9.17) is 10.5 Å². The van der Waals surface area contributed by atoms with E-state index in [-0.39, 0.29) is 29.3 Å². The first-order valence-electron chi connectivity index (χ1n) is 10.2. The number of nitriles is 2. The van der Waals surface area contributed by atoms with Crippen LogP contribution in [-0.2, 0) is 4.79 Å². The van der Waals surface area contributed by atoms with Gasteiger partial charge in [0.15, 0.2) is 5.13 Å². The lowest BCUT2D eigenvalue weighted by Gasteiger charge is -2.11. The molecule has 0 fully saturated rings. The number of nitrogens with two attached hydrogens (primary N) is 1. The fourth-order valence-electron chi connectivity index (χ4n) is 3.27. The number of methoxy groups -OCH3 is 1. The predicted molar refractivity (Wildman–Crippen MR) is 139 cm³/mol. The fraction of sp³-hybridized carbons (Fsp3) is 0.125. The van der Waals surface area contributed by atoms with Crippen molar-refractivity contribution in [3.8, 4) is 40.3 Å². The summed E-state index contributed by atoms with van der Waals surface area (Å²) in [5.41, 5.74) is 9.34. The molecule has 4 aromatic rings. The Balaban J connectivity index is 1.43. The molecule has 1 amide bonds. The number of hydrogen-bond acceptors (Lipinski definition) is 10. The maximum Gasteiger partial charge on any atom is 0.226 e. The zero-order chi connectivity index (χ0) is 24.8. The van der Waals surface area contributed by atoms with E-state index in [1.54, 1.807) is 7.11 Å². The molecule has 3 aromatic heterocycles. The molecule has 3 heterocycles. The molecule has 174 valence electrons. The molecule has 0 saturated carbocycles. The smallest absolute Gasteiger partial charge is 0.226 e. The van der Waals surface area contributed by atoms with Crippen LogP contribution >= 0.6 is 34.4 Å². The summed E-state index contributed by atoms with van der Waals surface area (Å²) in [6.07, 6.45) is 0.180. The lowest BCUT2D eigenvalue weighted by molar-refractivity contribution is -0.115. The molecule has 4 rings (SSSR count). The molecule has 35 heavy (non-hydrogen) atoms. The van der Waals surface area contributed by atoms with Gasteiger partial charge in [-0.15, -0.1) is 23.1 Å². The predicted octanol–water partition coefficient (Wildman–Crippen LogP) is 5.39. The number of thiazole rings is 1. The van der Waals surface area contributed by atoms with Crippen LogP contribution in [0.5, 0.6) is 5.75 Å². The number of aromatic nitrogens is 2. The highest BCUT2D eigenvalue weighted by atomic mass is 32.2. The minimum atomic E-state index is -0.206. The minimum Gasteiger partial charge on any atom is -0.497 e. The van der Waals surface area contributed by atoms with Gasteiger partial charge in [0, 0.05) is 28.7 Å². The first-order chi connectivity index (χ1) is 17.0. The Morgan fingerprint density at radius 2 is 2.00 bits per heavy atom. The molecule has 0 aliphatic rings. The molecule has 0 atom stereocenters. The molecule has 3 N–H and O–H groups in total. The van der Waals surface area contributed by atoms with Crippen LogP contribution in [0, 0.1) is 22.7 Å². The molecular weight excluding hydrogens is 501 g/mol. The van der Waals surface area contributed by atoms with Gasteiger partial charge < -0.3 is 15.8 Å². The minimum absolute atomic E-state index is 0.0625. The average Bonchev–Trinajstić information content (AvgIpc) is 3.56. The molecule has 0 unspecified atom stereocenters. The third kappa shape index (κ3) is 5.44. The number of thiophene rings is 1. The largest absolute Gasteiger partial charge is 0.497 e. The van der Waals surface area contributed by atoms with E-state index in [2.05, 4.69) is 27.4 Å². The molecule has 0 radical (unpaired) electrons. The Morgan fingerprint density at radius 3 is 2.71 bits per heavy atom. The topological polar surface area (TPSA) is 138 Å². The van der Waals surface area contributed by atoms with Crippen LogP contribution in [0.25, 0.3) is 22.4 Å². The van der Waals surface area contributed by atoms with Crippen molar-refractivity contribution < 1.29 is 9.53 Å². The number of nitrogen functional groups attached to an aromatic ring is 1. The summed E-state index contributed by atoms with van der Waals surface area (Å²) in [5, 5.41) is 28.6. The van der Waals surface area contributed by atoms with E-state index >= 15 is 0 Å². The molecule has 8 nitrogen and oxygen atoms in total. The molecule has 0 saturated heterocycles. The van der Waals surface area contributed by atoms with Crippen LogP contribution in [0.1, 0.15) is 17.5 Å². The molecule has 0 spiro atoms. The second kappa shape index (κ2) is 11.0. The van der Waals surface area contributed by atoms with E-state index in [1.165, 1.54) is 34.4 Å². The average molecular weight is 519 g/mol. The normalized spacial score (nSPS) is 10.4. The molecular formula is C24H18N6O2S3.